The Morgan fingerprint density at radius 1 is 1.41 bits per heavy atom. The van der Waals surface area contributed by atoms with Crippen LogP contribution in [-0.4, -0.2) is 11.6 Å². The van der Waals surface area contributed by atoms with Crippen LogP contribution in [0.2, 0.25) is 0 Å². The van der Waals surface area contributed by atoms with E-state index in [1.165, 1.54) is 41.3 Å². The summed E-state index contributed by atoms with van der Waals surface area (Å²) in [6, 6.07) is 0. The van der Waals surface area contributed by atoms with Gasteiger partial charge in [-0.2, -0.15) is 0 Å². The van der Waals surface area contributed by atoms with Crippen molar-refractivity contribution in [3.63, 3.8) is 0 Å². The third-order valence-electron chi connectivity index (χ3n) is 3.53. The van der Waals surface area contributed by atoms with E-state index in [9.17, 15) is 0 Å². The highest BCUT2D eigenvalue weighted by atomic mass is 32.1. The molecule has 2 aliphatic rings. The first-order valence-electron chi connectivity index (χ1n) is 6.64. The van der Waals surface area contributed by atoms with Crippen molar-refractivity contribution in [2.75, 3.05) is 6.61 Å². The van der Waals surface area contributed by atoms with Crippen molar-refractivity contribution in [1.82, 2.24) is 4.98 Å². The van der Waals surface area contributed by atoms with Crippen LogP contribution in [0.25, 0.3) is 0 Å². The lowest BCUT2D eigenvalue weighted by atomic mass is 10.2. The molecule has 4 heteroatoms. The first-order chi connectivity index (χ1) is 8.33. The SMILES string of the molecule is CCOC(c1nc(C2CC2)c(CN)s1)C1CC1. The quantitative estimate of drug-likeness (QED) is 0.846. The van der Waals surface area contributed by atoms with Gasteiger partial charge in [0.2, 0.25) is 0 Å². The minimum absolute atomic E-state index is 0.239. The molecule has 2 N–H and O–H groups in total. The van der Waals surface area contributed by atoms with Crippen LogP contribution in [0.5, 0.6) is 0 Å². The molecule has 2 aliphatic carbocycles. The summed E-state index contributed by atoms with van der Waals surface area (Å²) in [5.41, 5.74) is 7.10. The zero-order valence-corrected chi connectivity index (χ0v) is 11.1. The van der Waals surface area contributed by atoms with Gasteiger partial charge in [0.05, 0.1) is 5.69 Å². The Balaban J connectivity index is 1.84. The summed E-state index contributed by atoms with van der Waals surface area (Å²) < 4.78 is 5.87. The molecule has 0 bridgehead atoms. The van der Waals surface area contributed by atoms with Gasteiger partial charge in [-0.3, -0.25) is 0 Å². The average molecular weight is 252 g/mol. The summed E-state index contributed by atoms with van der Waals surface area (Å²) in [6.07, 6.45) is 5.41. The second kappa shape index (κ2) is 4.67. The van der Waals surface area contributed by atoms with Gasteiger partial charge in [-0.25, -0.2) is 4.98 Å². The highest BCUT2D eigenvalue weighted by Gasteiger charge is 2.37. The molecule has 0 radical (unpaired) electrons. The van der Waals surface area contributed by atoms with Crippen molar-refractivity contribution in [2.24, 2.45) is 11.7 Å². The van der Waals surface area contributed by atoms with E-state index < -0.39 is 0 Å². The van der Waals surface area contributed by atoms with Gasteiger partial charge in [-0.1, -0.05) is 0 Å². The molecule has 3 nitrogen and oxygen atoms in total. The van der Waals surface area contributed by atoms with E-state index in [4.69, 9.17) is 15.5 Å². The fourth-order valence-corrected chi connectivity index (χ4v) is 3.49. The van der Waals surface area contributed by atoms with E-state index in [0.29, 0.717) is 18.4 Å². The predicted molar refractivity (Wildman–Crippen MR) is 69.1 cm³/mol. The molecule has 0 aromatic carbocycles. The highest BCUT2D eigenvalue weighted by molar-refractivity contribution is 7.11. The maximum Gasteiger partial charge on any atom is 0.122 e. The molecule has 0 saturated heterocycles. The number of hydrogen-bond acceptors (Lipinski definition) is 4. The Morgan fingerprint density at radius 3 is 2.71 bits per heavy atom. The zero-order chi connectivity index (χ0) is 11.8. The van der Waals surface area contributed by atoms with Gasteiger partial charge >= 0.3 is 0 Å². The van der Waals surface area contributed by atoms with E-state index in [2.05, 4.69) is 6.92 Å². The molecular weight excluding hydrogens is 232 g/mol. The number of ether oxygens (including phenoxy) is 1. The number of rotatable bonds is 6. The minimum atomic E-state index is 0.239. The standard InChI is InChI=1S/C13H20N2OS/c1-2-16-12(9-5-6-9)13-15-11(8-3-4-8)10(7-14)17-13/h8-9,12H,2-7,14H2,1H3. The molecule has 1 aromatic heterocycles. The van der Waals surface area contributed by atoms with Gasteiger partial charge in [0.1, 0.15) is 11.1 Å². The fraction of sp³-hybridized carbons (Fsp3) is 0.769. The van der Waals surface area contributed by atoms with E-state index in [1.807, 2.05) is 0 Å². The number of aromatic nitrogens is 1. The van der Waals surface area contributed by atoms with Gasteiger partial charge in [0.25, 0.3) is 0 Å². The number of nitrogens with zero attached hydrogens (tertiary/aromatic N) is 1. The molecular formula is C13H20N2OS. The Kier molecular flexibility index (Phi) is 3.19. The summed E-state index contributed by atoms with van der Waals surface area (Å²) in [7, 11) is 0. The summed E-state index contributed by atoms with van der Waals surface area (Å²) in [6.45, 7) is 3.47. The Morgan fingerprint density at radius 2 is 2.18 bits per heavy atom. The highest BCUT2D eigenvalue weighted by Crippen LogP contribution is 2.48. The van der Waals surface area contributed by atoms with Gasteiger partial charge in [0.15, 0.2) is 0 Å². The van der Waals surface area contributed by atoms with Gasteiger partial charge in [-0.05, 0) is 38.5 Å². The van der Waals surface area contributed by atoms with E-state index >= 15 is 0 Å². The molecule has 2 saturated carbocycles. The summed E-state index contributed by atoms with van der Waals surface area (Å²) in [4.78, 5) is 6.12. The van der Waals surface area contributed by atoms with Crippen LogP contribution in [0.4, 0.5) is 0 Å². The molecule has 1 unspecified atom stereocenters. The summed E-state index contributed by atoms with van der Waals surface area (Å²) in [5.74, 6) is 1.40. The van der Waals surface area contributed by atoms with Crippen molar-refractivity contribution in [3.05, 3.63) is 15.6 Å². The van der Waals surface area contributed by atoms with Crippen LogP contribution in [0.3, 0.4) is 0 Å². The predicted octanol–water partition coefficient (Wildman–Crippen LogP) is 2.97. The maximum absolute atomic E-state index is 5.87. The first-order valence-corrected chi connectivity index (χ1v) is 7.46. The molecule has 0 spiro atoms. The minimum Gasteiger partial charge on any atom is -0.371 e. The molecule has 17 heavy (non-hydrogen) atoms. The van der Waals surface area contributed by atoms with Crippen molar-refractivity contribution >= 4 is 11.3 Å². The largest absolute Gasteiger partial charge is 0.371 e. The van der Waals surface area contributed by atoms with Crippen LogP contribution in [0, 0.1) is 5.92 Å². The average Bonchev–Trinajstić information content (AvgIpc) is 3.23. The summed E-state index contributed by atoms with van der Waals surface area (Å²) in [5, 5.41) is 1.18. The summed E-state index contributed by atoms with van der Waals surface area (Å²) >= 11 is 1.78. The molecule has 1 aromatic rings. The topological polar surface area (TPSA) is 48.1 Å². The Labute approximate surface area is 106 Å². The van der Waals surface area contributed by atoms with Gasteiger partial charge < -0.3 is 10.5 Å². The van der Waals surface area contributed by atoms with E-state index in [-0.39, 0.29) is 6.10 Å². The number of nitrogens with two attached hydrogens (primary N) is 1. The van der Waals surface area contributed by atoms with E-state index in [1.54, 1.807) is 11.3 Å². The molecule has 1 heterocycles. The third-order valence-corrected chi connectivity index (χ3v) is 4.69. The zero-order valence-electron chi connectivity index (χ0n) is 10.3. The molecule has 1 atom stereocenters. The number of hydrogen-bond donors (Lipinski definition) is 1. The second-order valence-corrected chi connectivity index (χ2v) is 6.17. The van der Waals surface area contributed by atoms with Crippen molar-refractivity contribution in [2.45, 2.75) is 51.2 Å². The number of thiazole rings is 1. The fourth-order valence-electron chi connectivity index (χ4n) is 2.31. The second-order valence-electron chi connectivity index (χ2n) is 5.05. The Hall–Kier alpha value is -0.450. The maximum atomic E-state index is 5.87. The van der Waals surface area contributed by atoms with Crippen LogP contribution in [0.15, 0.2) is 0 Å². The Bertz CT molecular complexity index is 396. The lowest BCUT2D eigenvalue weighted by Gasteiger charge is -2.12. The van der Waals surface area contributed by atoms with Crippen LogP contribution in [-0.2, 0) is 11.3 Å². The van der Waals surface area contributed by atoms with Gasteiger partial charge in [0, 0.05) is 23.9 Å². The molecule has 0 amide bonds. The van der Waals surface area contributed by atoms with Crippen LogP contribution < -0.4 is 5.73 Å². The molecule has 2 fully saturated rings. The first kappa shape index (κ1) is 11.6. The molecule has 3 rings (SSSR count). The third kappa shape index (κ3) is 2.39. The lowest BCUT2D eigenvalue weighted by Crippen LogP contribution is -2.06. The van der Waals surface area contributed by atoms with Gasteiger partial charge in [-0.15, -0.1) is 11.3 Å². The van der Waals surface area contributed by atoms with E-state index in [0.717, 1.165) is 6.61 Å². The van der Waals surface area contributed by atoms with Crippen LogP contribution in [0.1, 0.15) is 60.2 Å². The van der Waals surface area contributed by atoms with Crippen LogP contribution >= 0.6 is 11.3 Å². The lowest BCUT2D eigenvalue weighted by molar-refractivity contribution is 0.0461. The van der Waals surface area contributed by atoms with Crippen molar-refractivity contribution in [3.8, 4) is 0 Å². The van der Waals surface area contributed by atoms with Crippen molar-refractivity contribution in [1.29, 1.82) is 0 Å². The smallest absolute Gasteiger partial charge is 0.122 e. The molecule has 0 aliphatic heterocycles. The normalized spacial score (nSPS) is 21.8. The molecule has 94 valence electrons. The van der Waals surface area contributed by atoms with Crippen molar-refractivity contribution < 1.29 is 4.74 Å². The monoisotopic (exact) mass is 252 g/mol.